The van der Waals surface area contributed by atoms with Crippen molar-refractivity contribution in [2.24, 2.45) is 12.5 Å². The molecule has 4 aromatic rings. The van der Waals surface area contributed by atoms with E-state index >= 15 is 4.39 Å². The molecule has 49 heavy (non-hydrogen) atoms. The van der Waals surface area contributed by atoms with Gasteiger partial charge in [0.05, 0.1) is 42.1 Å². The van der Waals surface area contributed by atoms with Crippen LogP contribution in [-0.4, -0.2) is 63.5 Å². The van der Waals surface area contributed by atoms with Crippen LogP contribution in [0.25, 0.3) is 11.1 Å². The summed E-state index contributed by atoms with van der Waals surface area (Å²) in [6, 6.07) is 6.73. The number of ether oxygens (including phenoxy) is 2. The summed E-state index contributed by atoms with van der Waals surface area (Å²) in [5.74, 6) is -0.677. The number of hydrogen-bond donors (Lipinski definition) is 1. The van der Waals surface area contributed by atoms with E-state index in [1.54, 1.807) is 35.5 Å². The summed E-state index contributed by atoms with van der Waals surface area (Å²) < 4.78 is 29.9. The Bertz CT molecular complexity index is 2080. The van der Waals surface area contributed by atoms with Gasteiger partial charge in [-0.1, -0.05) is 13.8 Å². The second-order valence-electron chi connectivity index (χ2n) is 14.4. The number of amides is 1. The van der Waals surface area contributed by atoms with Gasteiger partial charge in [0.15, 0.2) is 5.82 Å². The van der Waals surface area contributed by atoms with Crippen molar-refractivity contribution in [3.8, 4) is 11.1 Å². The zero-order valence-corrected chi connectivity index (χ0v) is 28.9. The van der Waals surface area contributed by atoms with E-state index in [1.165, 1.54) is 34.1 Å². The third-order valence-electron chi connectivity index (χ3n) is 10.1. The Morgan fingerprint density at radius 2 is 1.94 bits per heavy atom. The molecule has 256 valence electrons. The summed E-state index contributed by atoms with van der Waals surface area (Å²) in [6.07, 6.45) is 4.18. The molecule has 1 fully saturated rings. The molecule has 0 radical (unpaired) electrons. The quantitative estimate of drug-likeness (QED) is 0.276. The van der Waals surface area contributed by atoms with Gasteiger partial charge in [-0.2, -0.15) is 5.10 Å². The standard InChI is InChI=1S/C36H39FN6O5S/c1-20(44)48-19-28-26(10-22(37)11-30(28)42-6-5-25-27-13-36(2,3)14-31(27)49-33(25)35(42)46)21-9-29(34(45)40(4)15-21)38-32-12-23-16-41(24-17-47-18-24)7-8-43(23)39-32/h9-12,15,24H,5-8,13-14,16-19H2,1-4H3,(H,38,39). The molecular weight excluding hydrogens is 647 g/mol. The van der Waals surface area contributed by atoms with Crippen LogP contribution in [0.15, 0.2) is 35.3 Å². The number of fused-ring (bicyclic) bond motifs is 4. The van der Waals surface area contributed by atoms with Crippen LogP contribution in [0.4, 0.5) is 21.6 Å². The second-order valence-corrected chi connectivity index (χ2v) is 15.5. The summed E-state index contributed by atoms with van der Waals surface area (Å²) in [7, 11) is 1.63. The highest BCUT2D eigenvalue weighted by atomic mass is 32.1. The van der Waals surface area contributed by atoms with E-state index in [0.717, 1.165) is 56.9 Å². The zero-order chi connectivity index (χ0) is 34.2. The number of nitrogens with zero attached hydrogens (tertiary/aromatic N) is 5. The molecule has 1 amide bonds. The van der Waals surface area contributed by atoms with Crippen LogP contribution >= 0.6 is 11.3 Å². The molecule has 0 bridgehead atoms. The van der Waals surface area contributed by atoms with Crippen molar-refractivity contribution in [1.29, 1.82) is 0 Å². The average Bonchev–Trinajstić information content (AvgIpc) is 3.67. The van der Waals surface area contributed by atoms with E-state index in [9.17, 15) is 14.4 Å². The molecule has 0 unspecified atom stereocenters. The van der Waals surface area contributed by atoms with Crippen LogP contribution in [0.1, 0.15) is 57.7 Å². The van der Waals surface area contributed by atoms with Gasteiger partial charge in [0.2, 0.25) is 0 Å². The van der Waals surface area contributed by atoms with E-state index in [-0.39, 0.29) is 29.2 Å². The molecule has 11 nitrogen and oxygen atoms in total. The number of halogens is 1. The van der Waals surface area contributed by atoms with Gasteiger partial charge in [0.1, 0.15) is 18.1 Å². The Kier molecular flexibility index (Phi) is 7.76. The first-order chi connectivity index (χ1) is 23.4. The van der Waals surface area contributed by atoms with Gasteiger partial charge in [-0.3, -0.25) is 24.0 Å². The van der Waals surface area contributed by atoms with Crippen LogP contribution in [-0.2, 0) is 60.3 Å². The summed E-state index contributed by atoms with van der Waals surface area (Å²) in [4.78, 5) is 45.5. The van der Waals surface area contributed by atoms with E-state index in [0.29, 0.717) is 52.1 Å². The SMILES string of the molecule is CC(=O)OCc1c(-c2cc(Nc3cc4n(n3)CCN(C3COC3)C4)c(=O)n(C)c2)cc(F)cc1N1CCc2c(sc3c2CC(C)(C)C3)C1=O. The van der Waals surface area contributed by atoms with E-state index in [2.05, 4.69) is 24.1 Å². The van der Waals surface area contributed by atoms with Crippen molar-refractivity contribution in [1.82, 2.24) is 19.2 Å². The third-order valence-corrected chi connectivity index (χ3v) is 11.4. The molecule has 3 aliphatic heterocycles. The topological polar surface area (TPSA) is 111 Å². The summed E-state index contributed by atoms with van der Waals surface area (Å²) in [5.41, 5.74) is 5.40. The first-order valence-electron chi connectivity index (χ1n) is 16.7. The first-order valence-corrected chi connectivity index (χ1v) is 17.5. The number of nitrogens with one attached hydrogen (secondary N) is 1. The number of carbonyl (C=O) groups excluding carboxylic acids is 2. The maximum atomic E-state index is 15.6. The molecule has 1 saturated heterocycles. The number of benzene rings is 1. The van der Waals surface area contributed by atoms with Crippen molar-refractivity contribution >= 4 is 40.4 Å². The van der Waals surface area contributed by atoms with Gasteiger partial charge in [-0.05, 0) is 59.6 Å². The predicted molar refractivity (Wildman–Crippen MR) is 184 cm³/mol. The smallest absolute Gasteiger partial charge is 0.302 e. The van der Waals surface area contributed by atoms with Crippen LogP contribution in [0.2, 0.25) is 0 Å². The Morgan fingerprint density at radius 3 is 2.69 bits per heavy atom. The fourth-order valence-corrected chi connectivity index (χ4v) is 9.19. The monoisotopic (exact) mass is 686 g/mol. The molecule has 1 aromatic carbocycles. The summed E-state index contributed by atoms with van der Waals surface area (Å²) >= 11 is 1.55. The average molecular weight is 687 g/mol. The minimum atomic E-state index is -0.544. The number of aryl methyl sites for hydroxylation is 1. The zero-order valence-electron chi connectivity index (χ0n) is 28.1. The van der Waals surface area contributed by atoms with E-state index < -0.39 is 11.8 Å². The van der Waals surface area contributed by atoms with E-state index in [1.807, 2.05) is 10.7 Å². The Labute approximate surface area is 287 Å². The molecule has 0 spiro atoms. The van der Waals surface area contributed by atoms with Crippen LogP contribution in [0.3, 0.4) is 0 Å². The van der Waals surface area contributed by atoms with Gasteiger partial charge >= 0.3 is 5.97 Å². The number of anilines is 3. The highest BCUT2D eigenvalue weighted by Gasteiger charge is 2.39. The highest BCUT2D eigenvalue weighted by molar-refractivity contribution is 7.14. The van der Waals surface area contributed by atoms with Crippen molar-refractivity contribution in [3.63, 3.8) is 0 Å². The lowest BCUT2D eigenvalue weighted by Gasteiger charge is -2.39. The van der Waals surface area contributed by atoms with Gasteiger partial charge in [-0.15, -0.1) is 11.3 Å². The maximum Gasteiger partial charge on any atom is 0.302 e. The number of rotatable bonds is 7. The number of hydrogen-bond acceptors (Lipinski definition) is 9. The van der Waals surface area contributed by atoms with Gasteiger partial charge < -0.3 is 24.3 Å². The largest absolute Gasteiger partial charge is 0.461 e. The van der Waals surface area contributed by atoms with Crippen molar-refractivity contribution in [2.75, 3.05) is 36.5 Å². The number of carbonyl (C=O) groups is 2. The van der Waals surface area contributed by atoms with Crippen LogP contribution in [0, 0.1) is 11.2 Å². The fourth-order valence-electron chi connectivity index (χ4n) is 7.62. The predicted octanol–water partition coefficient (Wildman–Crippen LogP) is 4.80. The third kappa shape index (κ3) is 5.77. The lowest BCUT2D eigenvalue weighted by Crippen LogP contribution is -2.51. The van der Waals surface area contributed by atoms with Crippen molar-refractivity contribution in [3.05, 3.63) is 78.8 Å². The van der Waals surface area contributed by atoms with Crippen molar-refractivity contribution in [2.45, 2.75) is 65.8 Å². The summed E-state index contributed by atoms with van der Waals surface area (Å²) in [6.45, 7) is 9.86. The van der Waals surface area contributed by atoms with Crippen LogP contribution < -0.4 is 15.8 Å². The van der Waals surface area contributed by atoms with Gasteiger partial charge in [0.25, 0.3) is 11.5 Å². The lowest BCUT2D eigenvalue weighted by atomic mass is 9.89. The normalized spacial score (nSPS) is 18.6. The molecule has 0 atom stereocenters. The lowest BCUT2D eigenvalue weighted by molar-refractivity contribution is -0.142. The number of thiophene rings is 1. The van der Waals surface area contributed by atoms with Gasteiger partial charge in [0, 0.05) is 61.9 Å². The molecule has 6 heterocycles. The number of pyridine rings is 1. The molecule has 1 N–H and O–H groups in total. The number of esters is 1. The van der Waals surface area contributed by atoms with Crippen molar-refractivity contribution < 1.29 is 23.5 Å². The molecule has 0 saturated carbocycles. The van der Waals surface area contributed by atoms with Gasteiger partial charge in [-0.25, -0.2) is 4.39 Å². The minimum Gasteiger partial charge on any atom is -0.461 e. The highest BCUT2D eigenvalue weighted by Crippen LogP contribution is 2.46. The second kappa shape index (κ2) is 11.9. The fraction of sp³-hybridized carbons (Fsp3) is 0.444. The Hall–Kier alpha value is -4.33. The Morgan fingerprint density at radius 1 is 1.12 bits per heavy atom. The number of aromatic nitrogens is 3. The molecule has 4 aliphatic rings. The minimum absolute atomic E-state index is 0.172. The summed E-state index contributed by atoms with van der Waals surface area (Å²) in [5, 5.41) is 7.91. The Balaban J connectivity index is 1.15. The first kappa shape index (κ1) is 31.9. The molecule has 8 rings (SSSR count). The molecule has 1 aliphatic carbocycles. The van der Waals surface area contributed by atoms with Crippen LogP contribution in [0.5, 0.6) is 0 Å². The molecule has 3 aromatic heterocycles. The molecule has 13 heteroatoms. The molecular formula is C36H39FN6O5S. The maximum absolute atomic E-state index is 15.6. The van der Waals surface area contributed by atoms with E-state index in [4.69, 9.17) is 14.6 Å².